The van der Waals surface area contributed by atoms with Gasteiger partial charge in [-0.2, -0.15) is 0 Å². The third-order valence-electron chi connectivity index (χ3n) is 10.4. The van der Waals surface area contributed by atoms with Gasteiger partial charge in [0, 0.05) is 12.3 Å². The van der Waals surface area contributed by atoms with Crippen LogP contribution in [0.5, 0.6) is 0 Å². The summed E-state index contributed by atoms with van der Waals surface area (Å²) in [5.41, 5.74) is 2.09. The molecule has 0 amide bonds. The van der Waals surface area contributed by atoms with Gasteiger partial charge in [-0.3, -0.25) is 4.79 Å². The van der Waals surface area contributed by atoms with Gasteiger partial charge < -0.3 is 4.43 Å². The molecule has 2 saturated carbocycles. The molecule has 0 aromatic heterocycles. The Hall–Kier alpha value is -0.833. The van der Waals surface area contributed by atoms with Crippen LogP contribution in [0.25, 0.3) is 0 Å². The van der Waals surface area contributed by atoms with E-state index in [0.29, 0.717) is 17.1 Å². The predicted octanol–water partition coefficient (Wildman–Crippen LogP) is 7.67. The Labute approximate surface area is 186 Å². The topological polar surface area (TPSA) is 26.3 Å². The van der Waals surface area contributed by atoms with Crippen LogP contribution in [0, 0.1) is 34.5 Å². The summed E-state index contributed by atoms with van der Waals surface area (Å²) in [6.07, 6.45) is 13.4. The zero-order valence-corrected chi connectivity index (χ0v) is 21.7. The third-order valence-corrected chi connectivity index (χ3v) is 14.8. The summed E-state index contributed by atoms with van der Waals surface area (Å²) < 4.78 is 6.72. The van der Waals surface area contributed by atoms with E-state index in [0.717, 1.165) is 30.6 Å². The van der Waals surface area contributed by atoms with Crippen LogP contribution < -0.4 is 0 Å². The maximum atomic E-state index is 12.3. The van der Waals surface area contributed by atoms with Gasteiger partial charge >= 0.3 is 0 Å². The Morgan fingerprint density at radius 1 is 1.10 bits per heavy atom. The Balaban J connectivity index is 1.59. The largest absolute Gasteiger partial charge is 0.547 e. The lowest BCUT2D eigenvalue weighted by Gasteiger charge is -2.57. The molecule has 6 unspecified atom stereocenters. The molecular weight excluding hydrogens is 384 g/mol. The Kier molecular flexibility index (Phi) is 5.28. The number of allylic oxidation sites excluding steroid dienone is 4. The minimum absolute atomic E-state index is 0.240. The van der Waals surface area contributed by atoms with Gasteiger partial charge in [0.1, 0.15) is 5.78 Å². The number of carbonyl (C=O) groups excluding carboxylic acids is 1. The van der Waals surface area contributed by atoms with Crippen molar-refractivity contribution >= 4 is 14.1 Å². The Bertz CT molecular complexity index is 785. The summed E-state index contributed by atoms with van der Waals surface area (Å²) in [6.45, 7) is 18.5. The van der Waals surface area contributed by atoms with Crippen molar-refractivity contribution in [2.75, 3.05) is 0 Å². The van der Waals surface area contributed by atoms with Crippen molar-refractivity contribution < 1.29 is 9.22 Å². The van der Waals surface area contributed by atoms with Gasteiger partial charge in [0.15, 0.2) is 0 Å². The summed E-state index contributed by atoms with van der Waals surface area (Å²) >= 11 is 0. The molecule has 4 aliphatic rings. The normalized spacial score (nSPS) is 41.2. The number of hydrogen-bond donors (Lipinski definition) is 0. The van der Waals surface area contributed by atoms with Crippen molar-refractivity contribution in [3.05, 3.63) is 23.5 Å². The molecule has 30 heavy (non-hydrogen) atoms. The maximum absolute atomic E-state index is 12.3. The molecule has 0 aliphatic heterocycles. The summed E-state index contributed by atoms with van der Waals surface area (Å²) in [7, 11) is -1.78. The lowest BCUT2D eigenvalue weighted by molar-refractivity contribution is -0.127. The Morgan fingerprint density at radius 3 is 2.43 bits per heavy atom. The van der Waals surface area contributed by atoms with Crippen LogP contribution in [0.3, 0.4) is 0 Å². The highest BCUT2D eigenvalue weighted by molar-refractivity contribution is 6.74. The zero-order chi connectivity index (χ0) is 22.1. The van der Waals surface area contributed by atoms with Gasteiger partial charge in [-0.15, -0.1) is 0 Å². The second-order valence-corrected chi connectivity index (χ2v) is 17.7. The van der Waals surface area contributed by atoms with E-state index in [-0.39, 0.29) is 10.5 Å². The molecule has 0 heterocycles. The van der Waals surface area contributed by atoms with Crippen LogP contribution in [0.2, 0.25) is 18.1 Å². The lowest BCUT2D eigenvalue weighted by Crippen LogP contribution is -2.50. The quantitative estimate of drug-likeness (QED) is 0.431. The van der Waals surface area contributed by atoms with Crippen LogP contribution in [0.15, 0.2) is 23.5 Å². The van der Waals surface area contributed by atoms with E-state index in [2.05, 4.69) is 59.9 Å². The molecule has 6 atom stereocenters. The summed E-state index contributed by atoms with van der Waals surface area (Å²) in [5.74, 6) is 4.24. The van der Waals surface area contributed by atoms with Crippen LogP contribution in [-0.4, -0.2) is 14.1 Å². The minimum atomic E-state index is -1.78. The molecule has 168 valence electrons. The molecular formula is C27H44O2Si. The van der Waals surface area contributed by atoms with Crippen molar-refractivity contribution in [1.29, 1.82) is 0 Å². The van der Waals surface area contributed by atoms with Gasteiger partial charge in [0.2, 0.25) is 8.32 Å². The molecule has 0 radical (unpaired) electrons. The summed E-state index contributed by atoms with van der Waals surface area (Å²) in [6, 6.07) is 0. The zero-order valence-electron chi connectivity index (χ0n) is 20.7. The number of Topliss-reactive ketones (excluding diaryl/α,β-unsaturated/α-hetero) is 1. The molecule has 2 nitrogen and oxygen atoms in total. The lowest BCUT2D eigenvalue weighted by atomic mass is 9.48. The summed E-state index contributed by atoms with van der Waals surface area (Å²) in [5, 5.41) is 0.240. The van der Waals surface area contributed by atoms with E-state index in [1.54, 1.807) is 5.57 Å². The first-order chi connectivity index (χ1) is 13.8. The van der Waals surface area contributed by atoms with Gasteiger partial charge in [-0.1, -0.05) is 40.7 Å². The first-order valence-corrected chi connectivity index (χ1v) is 15.3. The van der Waals surface area contributed by atoms with Crippen molar-refractivity contribution in [2.45, 2.75) is 105 Å². The molecule has 0 saturated heterocycles. The van der Waals surface area contributed by atoms with Gasteiger partial charge in [0.25, 0.3) is 0 Å². The molecule has 0 spiro atoms. The SMILES string of the molecule is CC(=O)C1CCC2C3CC=C4C=C(O[Si](C)(C)C(C)(C)C)CCC4(C)C3CCC12C. The maximum Gasteiger partial charge on any atom is 0.250 e. The molecule has 0 aromatic rings. The summed E-state index contributed by atoms with van der Waals surface area (Å²) in [4.78, 5) is 12.3. The predicted molar refractivity (Wildman–Crippen MR) is 128 cm³/mol. The van der Waals surface area contributed by atoms with E-state index >= 15 is 0 Å². The smallest absolute Gasteiger partial charge is 0.250 e. The van der Waals surface area contributed by atoms with Crippen LogP contribution >= 0.6 is 0 Å². The molecule has 0 bridgehead atoms. The number of carbonyl (C=O) groups is 1. The first kappa shape index (κ1) is 22.4. The highest BCUT2D eigenvalue weighted by Gasteiger charge is 2.59. The van der Waals surface area contributed by atoms with Crippen LogP contribution in [0.4, 0.5) is 0 Å². The fourth-order valence-electron chi connectivity index (χ4n) is 7.53. The van der Waals surface area contributed by atoms with E-state index in [9.17, 15) is 4.79 Å². The molecule has 3 heteroatoms. The molecule has 0 aromatic carbocycles. The minimum Gasteiger partial charge on any atom is -0.547 e. The van der Waals surface area contributed by atoms with Crippen molar-refractivity contribution in [3.63, 3.8) is 0 Å². The molecule has 4 rings (SSSR count). The van der Waals surface area contributed by atoms with Crippen molar-refractivity contribution in [1.82, 2.24) is 0 Å². The number of rotatable bonds is 3. The number of fused-ring (bicyclic) bond motifs is 5. The molecule has 4 aliphatic carbocycles. The van der Waals surface area contributed by atoms with E-state index in [4.69, 9.17) is 4.43 Å². The second-order valence-electron chi connectivity index (χ2n) is 12.9. The number of ketones is 1. The van der Waals surface area contributed by atoms with E-state index in [1.807, 2.05) is 6.92 Å². The van der Waals surface area contributed by atoms with Crippen molar-refractivity contribution in [3.8, 4) is 0 Å². The Morgan fingerprint density at radius 2 is 1.80 bits per heavy atom. The molecule has 0 N–H and O–H groups in total. The monoisotopic (exact) mass is 428 g/mol. The third kappa shape index (κ3) is 3.29. The van der Waals surface area contributed by atoms with Crippen molar-refractivity contribution in [2.24, 2.45) is 34.5 Å². The molecule has 2 fully saturated rings. The van der Waals surface area contributed by atoms with Crippen LogP contribution in [-0.2, 0) is 9.22 Å². The highest BCUT2D eigenvalue weighted by Crippen LogP contribution is 2.66. The average Bonchev–Trinajstić information content (AvgIpc) is 2.98. The second kappa shape index (κ2) is 7.09. The van der Waals surface area contributed by atoms with Gasteiger partial charge in [0.05, 0.1) is 5.76 Å². The van der Waals surface area contributed by atoms with E-state index < -0.39 is 8.32 Å². The fourth-order valence-corrected chi connectivity index (χ4v) is 8.65. The highest BCUT2D eigenvalue weighted by atomic mass is 28.4. The number of hydrogen-bond acceptors (Lipinski definition) is 2. The van der Waals surface area contributed by atoms with Gasteiger partial charge in [-0.05, 0) is 104 Å². The average molecular weight is 429 g/mol. The van der Waals surface area contributed by atoms with Gasteiger partial charge in [-0.25, -0.2) is 0 Å². The standard InChI is InChI=1S/C27H44O2Si/c1-18(28)22-11-12-23-21-10-9-19-17-20(29-30(7,8)25(2,3)4)13-15-26(19,5)24(21)14-16-27(22,23)6/h9,17,21-24H,10-16H2,1-8H3. The van der Waals surface area contributed by atoms with Crippen LogP contribution in [0.1, 0.15) is 86.5 Å². The van der Waals surface area contributed by atoms with E-state index in [1.165, 1.54) is 37.9 Å². The first-order valence-electron chi connectivity index (χ1n) is 12.4. The fraction of sp³-hybridized carbons (Fsp3) is 0.815.